The summed E-state index contributed by atoms with van der Waals surface area (Å²) in [6, 6.07) is 6.97. The van der Waals surface area contributed by atoms with Crippen LogP contribution in [0.3, 0.4) is 0 Å². The maximum atomic E-state index is 11.4. The number of aromatic amines is 1. The molecule has 3 N–H and O–H groups in total. The number of fused-ring (bicyclic) bond motifs is 1. The van der Waals surface area contributed by atoms with E-state index in [-0.39, 0.29) is 5.78 Å². The molecule has 0 fully saturated rings. The van der Waals surface area contributed by atoms with Gasteiger partial charge in [-0.15, -0.1) is 0 Å². The first-order valence-corrected chi connectivity index (χ1v) is 6.70. The number of ketones is 1. The molecule has 5 nitrogen and oxygen atoms in total. The zero-order chi connectivity index (χ0) is 15.4. The van der Waals surface area contributed by atoms with Gasteiger partial charge < -0.3 is 15.4 Å². The zero-order valence-electron chi connectivity index (χ0n) is 12.0. The summed E-state index contributed by atoms with van der Waals surface area (Å²) in [6.45, 7) is 3.12. The number of hydrogen-bond donors (Lipinski definition) is 3. The van der Waals surface area contributed by atoms with Crippen LogP contribution in [0.4, 0.5) is 0 Å². The van der Waals surface area contributed by atoms with Gasteiger partial charge in [0, 0.05) is 29.2 Å². The van der Waals surface area contributed by atoms with Crippen LogP contribution in [0.25, 0.3) is 10.9 Å². The molecule has 1 aromatic heterocycles. The lowest BCUT2D eigenvalue weighted by Crippen LogP contribution is -2.37. The van der Waals surface area contributed by atoms with E-state index in [4.69, 9.17) is 0 Å². The Hall–Kier alpha value is -2.56. The molecular weight excluding hydrogens is 268 g/mol. The highest BCUT2D eigenvalue weighted by molar-refractivity contribution is 5.88. The van der Waals surface area contributed by atoms with Gasteiger partial charge in [-0.3, -0.25) is 4.79 Å². The Morgan fingerprint density at radius 1 is 1.33 bits per heavy atom. The Kier molecular flexibility index (Phi) is 4.42. The van der Waals surface area contributed by atoms with Gasteiger partial charge in [0.1, 0.15) is 6.04 Å². The van der Waals surface area contributed by atoms with Gasteiger partial charge in [0.05, 0.1) is 0 Å². The van der Waals surface area contributed by atoms with E-state index in [1.54, 1.807) is 6.92 Å². The predicted octanol–water partition coefficient (Wildman–Crippen LogP) is 2.25. The summed E-state index contributed by atoms with van der Waals surface area (Å²) in [6.07, 6.45) is 3.56. The van der Waals surface area contributed by atoms with E-state index >= 15 is 0 Å². The number of allylic oxidation sites excluding steroid dienone is 2. The summed E-state index contributed by atoms with van der Waals surface area (Å²) < 4.78 is 0. The lowest BCUT2D eigenvalue weighted by atomic mass is 10.0. The van der Waals surface area contributed by atoms with Crippen LogP contribution in [0.15, 0.2) is 42.2 Å². The fourth-order valence-corrected chi connectivity index (χ4v) is 2.34. The highest BCUT2D eigenvalue weighted by atomic mass is 16.4. The molecule has 0 saturated heterocycles. The van der Waals surface area contributed by atoms with Crippen molar-refractivity contribution in [2.45, 2.75) is 26.3 Å². The summed E-state index contributed by atoms with van der Waals surface area (Å²) in [5.41, 5.74) is 2.46. The SMILES string of the molecule is CC(=O)/C=C(/C)N[C@H](Cc1c[nH]c2ccccc12)C(=O)O. The van der Waals surface area contributed by atoms with Crippen molar-refractivity contribution < 1.29 is 14.7 Å². The van der Waals surface area contributed by atoms with Crippen LogP contribution >= 0.6 is 0 Å². The molecule has 2 aromatic rings. The summed E-state index contributed by atoms with van der Waals surface area (Å²) in [5.74, 6) is -1.06. The number of carbonyl (C=O) groups is 2. The Morgan fingerprint density at radius 3 is 2.71 bits per heavy atom. The van der Waals surface area contributed by atoms with E-state index in [0.717, 1.165) is 16.5 Å². The van der Waals surface area contributed by atoms with Gasteiger partial charge in [-0.1, -0.05) is 18.2 Å². The summed E-state index contributed by atoms with van der Waals surface area (Å²) >= 11 is 0. The normalized spacial score (nSPS) is 13.1. The fraction of sp³-hybridized carbons (Fsp3) is 0.250. The second-order valence-electron chi connectivity index (χ2n) is 5.04. The van der Waals surface area contributed by atoms with Crippen LogP contribution in [0, 0.1) is 0 Å². The Balaban J connectivity index is 2.20. The van der Waals surface area contributed by atoms with Crippen molar-refractivity contribution in [1.82, 2.24) is 10.3 Å². The molecule has 0 spiro atoms. The largest absolute Gasteiger partial charge is 0.480 e. The minimum Gasteiger partial charge on any atom is -0.480 e. The molecule has 1 atom stereocenters. The van der Waals surface area contributed by atoms with Crippen LogP contribution in [-0.4, -0.2) is 27.9 Å². The molecule has 0 bridgehead atoms. The Labute approximate surface area is 122 Å². The molecule has 0 aliphatic carbocycles. The highest BCUT2D eigenvalue weighted by Crippen LogP contribution is 2.19. The van der Waals surface area contributed by atoms with Crippen molar-refractivity contribution in [2.75, 3.05) is 0 Å². The number of H-pyrrole nitrogens is 1. The van der Waals surface area contributed by atoms with Gasteiger partial charge in [-0.2, -0.15) is 0 Å². The highest BCUT2D eigenvalue weighted by Gasteiger charge is 2.19. The van der Waals surface area contributed by atoms with Gasteiger partial charge in [-0.25, -0.2) is 4.79 Å². The number of para-hydroxylation sites is 1. The van der Waals surface area contributed by atoms with Gasteiger partial charge in [-0.05, 0) is 31.6 Å². The van der Waals surface area contributed by atoms with Gasteiger partial charge in [0.25, 0.3) is 0 Å². The van der Waals surface area contributed by atoms with Gasteiger partial charge >= 0.3 is 5.97 Å². The topological polar surface area (TPSA) is 82.2 Å². The second kappa shape index (κ2) is 6.26. The van der Waals surface area contributed by atoms with E-state index in [1.165, 1.54) is 13.0 Å². The van der Waals surface area contributed by atoms with E-state index < -0.39 is 12.0 Å². The monoisotopic (exact) mass is 286 g/mol. The van der Waals surface area contributed by atoms with E-state index in [0.29, 0.717) is 12.1 Å². The third kappa shape index (κ3) is 3.72. The van der Waals surface area contributed by atoms with Crippen molar-refractivity contribution in [1.29, 1.82) is 0 Å². The predicted molar refractivity (Wildman–Crippen MR) is 81.0 cm³/mol. The number of aromatic nitrogens is 1. The standard InChI is InChI=1S/C16H18N2O3/c1-10(7-11(2)19)18-15(16(20)21)8-12-9-17-14-6-4-3-5-13(12)14/h3-7,9,15,17-18H,8H2,1-2H3,(H,20,21)/b10-7-/t15-/m1/s1. The summed E-state index contributed by atoms with van der Waals surface area (Å²) in [4.78, 5) is 25.6. The molecule has 0 amide bonds. The maximum absolute atomic E-state index is 11.4. The minimum absolute atomic E-state index is 0.115. The first-order valence-electron chi connectivity index (χ1n) is 6.70. The summed E-state index contributed by atoms with van der Waals surface area (Å²) in [7, 11) is 0. The lowest BCUT2D eigenvalue weighted by molar-refractivity contribution is -0.139. The molecule has 2 rings (SSSR count). The van der Waals surface area contributed by atoms with Crippen molar-refractivity contribution >= 4 is 22.7 Å². The molecule has 0 saturated carbocycles. The van der Waals surface area contributed by atoms with Crippen LogP contribution in [0.2, 0.25) is 0 Å². The molecule has 110 valence electrons. The number of aliphatic carboxylic acids is 1. The van der Waals surface area contributed by atoms with Crippen molar-refractivity contribution in [3.05, 3.63) is 47.8 Å². The number of hydrogen-bond acceptors (Lipinski definition) is 3. The van der Waals surface area contributed by atoms with Crippen molar-refractivity contribution in [2.24, 2.45) is 0 Å². The van der Waals surface area contributed by atoms with Gasteiger partial charge in [0.15, 0.2) is 5.78 Å². The van der Waals surface area contributed by atoms with Crippen LogP contribution < -0.4 is 5.32 Å². The van der Waals surface area contributed by atoms with Crippen LogP contribution in [0.1, 0.15) is 19.4 Å². The van der Waals surface area contributed by atoms with Crippen molar-refractivity contribution in [3.8, 4) is 0 Å². The third-order valence-electron chi connectivity index (χ3n) is 3.22. The number of carboxylic acids is 1. The Morgan fingerprint density at radius 2 is 2.05 bits per heavy atom. The summed E-state index contributed by atoms with van der Waals surface area (Å²) in [5, 5.41) is 13.2. The first kappa shape index (κ1) is 14.8. The van der Waals surface area contributed by atoms with E-state index in [9.17, 15) is 14.7 Å². The number of carboxylic acid groups (broad SMARTS) is 1. The molecular formula is C16H18N2O3. The van der Waals surface area contributed by atoms with Crippen LogP contribution in [-0.2, 0) is 16.0 Å². The number of carbonyl (C=O) groups excluding carboxylic acids is 1. The molecule has 0 aliphatic rings. The number of nitrogens with one attached hydrogen (secondary N) is 2. The molecule has 1 aromatic carbocycles. The van der Waals surface area contributed by atoms with Gasteiger partial charge in [0.2, 0.25) is 0 Å². The lowest BCUT2D eigenvalue weighted by Gasteiger charge is -2.15. The fourth-order valence-electron chi connectivity index (χ4n) is 2.34. The molecule has 0 radical (unpaired) electrons. The number of rotatable bonds is 6. The maximum Gasteiger partial charge on any atom is 0.326 e. The van der Waals surface area contributed by atoms with E-state index in [2.05, 4.69) is 10.3 Å². The average Bonchev–Trinajstić information content (AvgIpc) is 2.80. The first-order chi connectivity index (χ1) is 9.97. The molecule has 21 heavy (non-hydrogen) atoms. The molecule has 5 heteroatoms. The second-order valence-corrected chi connectivity index (χ2v) is 5.04. The zero-order valence-corrected chi connectivity index (χ0v) is 12.0. The average molecular weight is 286 g/mol. The Bertz CT molecular complexity index is 700. The quantitative estimate of drug-likeness (QED) is 0.711. The smallest absolute Gasteiger partial charge is 0.326 e. The molecule has 1 heterocycles. The van der Waals surface area contributed by atoms with Crippen molar-refractivity contribution in [3.63, 3.8) is 0 Å². The number of benzene rings is 1. The third-order valence-corrected chi connectivity index (χ3v) is 3.22. The van der Waals surface area contributed by atoms with E-state index in [1.807, 2.05) is 30.5 Å². The molecule has 0 unspecified atom stereocenters. The van der Waals surface area contributed by atoms with Crippen LogP contribution in [0.5, 0.6) is 0 Å². The molecule has 0 aliphatic heterocycles. The minimum atomic E-state index is -0.948.